The van der Waals surface area contributed by atoms with Gasteiger partial charge in [0.15, 0.2) is 0 Å². The first-order chi connectivity index (χ1) is 11.9. The smallest absolute Gasteiger partial charge is 0.417 e. The molecular weight excluding hydrogens is 333 g/mol. The van der Waals surface area contributed by atoms with Crippen LogP contribution in [-0.2, 0) is 11.0 Å². The zero-order valence-electron chi connectivity index (χ0n) is 14.0. The summed E-state index contributed by atoms with van der Waals surface area (Å²) in [6.45, 7) is 0. The fourth-order valence-electron chi connectivity index (χ4n) is 3.62. The Balaban J connectivity index is 1.44. The van der Waals surface area contributed by atoms with Crippen LogP contribution in [0.5, 0.6) is 5.88 Å². The topological polar surface area (TPSA) is 51.2 Å². The molecule has 2 saturated carbocycles. The summed E-state index contributed by atoms with van der Waals surface area (Å²) >= 11 is 0. The molecule has 3 rings (SSSR count). The Labute approximate surface area is 145 Å². The molecule has 0 bridgehead atoms. The van der Waals surface area contributed by atoms with E-state index in [2.05, 4.69) is 10.3 Å². The van der Waals surface area contributed by atoms with E-state index in [4.69, 9.17) is 4.74 Å². The number of hydrogen-bond donors (Lipinski definition) is 1. The molecule has 0 unspecified atom stereocenters. The van der Waals surface area contributed by atoms with Crippen LogP contribution < -0.4 is 10.1 Å². The second-order valence-corrected chi connectivity index (χ2v) is 6.96. The molecule has 0 saturated heterocycles. The van der Waals surface area contributed by atoms with Crippen LogP contribution in [0.2, 0.25) is 0 Å². The highest BCUT2D eigenvalue weighted by molar-refractivity contribution is 5.79. The predicted molar refractivity (Wildman–Crippen MR) is 86.0 cm³/mol. The molecule has 0 radical (unpaired) electrons. The third-order valence-corrected chi connectivity index (χ3v) is 5.10. The highest BCUT2D eigenvalue weighted by Crippen LogP contribution is 2.30. The van der Waals surface area contributed by atoms with Crippen molar-refractivity contribution >= 4 is 5.91 Å². The maximum atomic E-state index is 12.5. The van der Waals surface area contributed by atoms with Gasteiger partial charge in [-0.1, -0.05) is 12.8 Å². The fourth-order valence-corrected chi connectivity index (χ4v) is 3.62. The maximum absolute atomic E-state index is 12.5. The van der Waals surface area contributed by atoms with Crippen molar-refractivity contribution in [3.8, 4) is 5.88 Å². The van der Waals surface area contributed by atoms with E-state index in [9.17, 15) is 18.0 Å². The van der Waals surface area contributed by atoms with E-state index in [1.54, 1.807) is 0 Å². The second-order valence-electron chi connectivity index (χ2n) is 6.96. The van der Waals surface area contributed by atoms with Crippen LogP contribution in [0.3, 0.4) is 0 Å². The summed E-state index contributed by atoms with van der Waals surface area (Å²) in [4.78, 5) is 15.9. The molecule has 2 aliphatic rings. The molecule has 1 heterocycles. The second kappa shape index (κ2) is 7.62. The van der Waals surface area contributed by atoms with Crippen molar-refractivity contribution < 1.29 is 22.7 Å². The Kier molecular flexibility index (Phi) is 5.49. The minimum Gasteiger partial charge on any atom is -0.474 e. The lowest BCUT2D eigenvalue weighted by Gasteiger charge is -2.30. The Morgan fingerprint density at radius 3 is 2.32 bits per heavy atom. The van der Waals surface area contributed by atoms with Gasteiger partial charge in [-0.25, -0.2) is 4.98 Å². The zero-order chi connectivity index (χ0) is 17.9. The summed E-state index contributed by atoms with van der Waals surface area (Å²) in [6.07, 6.45) is 3.77. The monoisotopic (exact) mass is 356 g/mol. The van der Waals surface area contributed by atoms with Crippen molar-refractivity contribution in [2.75, 3.05) is 0 Å². The number of aromatic nitrogens is 1. The summed E-state index contributed by atoms with van der Waals surface area (Å²) in [5.41, 5.74) is -0.779. The van der Waals surface area contributed by atoms with Gasteiger partial charge in [-0.2, -0.15) is 13.2 Å². The molecule has 25 heavy (non-hydrogen) atoms. The van der Waals surface area contributed by atoms with Gasteiger partial charge in [-0.05, 0) is 44.6 Å². The first-order valence-corrected chi connectivity index (χ1v) is 8.92. The summed E-state index contributed by atoms with van der Waals surface area (Å²) in [5.74, 6) is 0.558. The largest absolute Gasteiger partial charge is 0.474 e. The fraction of sp³-hybridized carbons (Fsp3) is 0.667. The molecule has 1 aromatic rings. The number of carbonyl (C=O) groups is 1. The van der Waals surface area contributed by atoms with Crippen molar-refractivity contribution in [3.05, 3.63) is 23.9 Å². The Morgan fingerprint density at radius 1 is 1.08 bits per heavy atom. The zero-order valence-corrected chi connectivity index (χ0v) is 14.0. The number of halogens is 3. The van der Waals surface area contributed by atoms with Gasteiger partial charge >= 0.3 is 6.18 Å². The van der Waals surface area contributed by atoms with E-state index >= 15 is 0 Å². The summed E-state index contributed by atoms with van der Waals surface area (Å²) in [7, 11) is 0. The third kappa shape index (κ3) is 4.86. The van der Waals surface area contributed by atoms with Gasteiger partial charge in [0, 0.05) is 24.2 Å². The predicted octanol–water partition coefficient (Wildman–Crippen LogP) is 4.10. The lowest BCUT2D eigenvalue weighted by Crippen LogP contribution is -2.42. The number of ether oxygens (including phenoxy) is 1. The average Bonchev–Trinajstić information content (AvgIpc) is 3.11. The van der Waals surface area contributed by atoms with Crippen molar-refractivity contribution in [3.63, 3.8) is 0 Å². The van der Waals surface area contributed by atoms with Gasteiger partial charge in [0.1, 0.15) is 6.10 Å². The number of amides is 1. The minimum absolute atomic E-state index is 0.0659. The van der Waals surface area contributed by atoms with Crippen LogP contribution in [0, 0.1) is 5.92 Å². The van der Waals surface area contributed by atoms with Gasteiger partial charge in [0.05, 0.1) is 5.56 Å². The Morgan fingerprint density at radius 2 is 1.76 bits per heavy atom. The molecule has 0 atom stereocenters. The number of nitrogens with zero attached hydrogens (tertiary/aromatic N) is 1. The minimum atomic E-state index is -4.39. The number of rotatable bonds is 4. The van der Waals surface area contributed by atoms with Crippen molar-refractivity contribution in [1.29, 1.82) is 0 Å². The van der Waals surface area contributed by atoms with Gasteiger partial charge in [0.2, 0.25) is 11.8 Å². The molecule has 0 spiro atoms. The average molecular weight is 356 g/mol. The molecule has 1 N–H and O–H groups in total. The van der Waals surface area contributed by atoms with Gasteiger partial charge in [0.25, 0.3) is 0 Å². The van der Waals surface area contributed by atoms with Crippen molar-refractivity contribution in [2.45, 2.75) is 69.7 Å². The molecule has 4 nitrogen and oxygen atoms in total. The highest BCUT2D eigenvalue weighted by atomic mass is 19.4. The number of nitrogens with one attached hydrogen (secondary N) is 1. The van der Waals surface area contributed by atoms with Crippen LogP contribution >= 0.6 is 0 Å². The van der Waals surface area contributed by atoms with E-state index in [1.165, 1.54) is 6.07 Å². The normalized spacial score (nSPS) is 24.9. The number of carbonyl (C=O) groups excluding carboxylic acids is 1. The SMILES string of the molecule is O=C(NC1CCC(Oc2ccc(C(F)(F)F)cn2)CC1)C1CCCC1. The standard InChI is InChI=1S/C18H23F3N2O2/c19-18(20,21)13-5-10-16(22-11-13)25-15-8-6-14(7-9-15)23-17(24)12-3-1-2-4-12/h5,10-12,14-15H,1-4,6-9H2,(H,23,24). The molecule has 138 valence electrons. The van der Waals surface area contributed by atoms with Crippen molar-refractivity contribution in [1.82, 2.24) is 10.3 Å². The summed E-state index contributed by atoms with van der Waals surface area (Å²) < 4.78 is 43.3. The van der Waals surface area contributed by atoms with E-state index in [0.717, 1.165) is 63.6 Å². The van der Waals surface area contributed by atoms with Crippen LogP contribution in [-0.4, -0.2) is 23.0 Å². The Hall–Kier alpha value is -1.79. The number of hydrogen-bond acceptors (Lipinski definition) is 3. The van der Waals surface area contributed by atoms with Gasteiger partial charge < -0.3 is 10.1 Å². The number of alkyl halides is 3. The third-order valence-electron chi connectivity index (χ3n) is 5.10. The van der Waals surface area contributed by atoms with Crippen LogP contribution in [0.15, 0.2) is 18.3 Å². The molecule has 7 heteroatoms. The molecule has 2 fully saturated rings. The first-order valence-electron chi connectivity index (χ1n) is 8.92. The van der Waals surface area contributed by atoms with E-state index in [-0.39, 0.29) is 29.9 Å². The maximum Gasteiger partial charge on any atom is 0.417 e. The summed E-state index contributed by atoms with van der Waals surface area (Å²) in [6, 6.07) is 2.42. The molecule has 0 aliphatic heterocycles. The van der Waals surface area contributed by atoms with Crippen LogP contribution in [0.1, 0.15) is 56.9 Å². The van der Waals surface area contributed by atoms with Crippen molar-refractivity contribution in [2.24, 2.45) is 5.92 Å². The molecule has 0 aromatic carbocycles. The first kappa shape index (κ1) is 18.0. The number of pyridine rings is 1. The molecule has 1 amide bonds. The van der Waals surface area contributed by atoms with E-state index in [0.29, 0.717) is 0 Å². The van der Waals surface area contributed by atoms with Gasteiger partial charge in [-0.15, -0.1) is 0 Å². The highest BCUT2D eigenvalue weighted by Gasteiger charge is 2.31. The van der Waals surface area contributed by atoms with Crippen LogP contribution in [0.4, 0.5) is 13.2 Å². The van der Waals surface area contributed by atoms with Crippen LogP contribution in [0.25, 0.3) is 0 Å². The molecule has 1 aromatic heterocycles. The quantitative estimate of drug-likeness (QED) is 0.884. The lowest BCUT2D eigenvalue weighted by molar-refractivity contribution is -0.137. The lowest BCUT2D eigenvalue weighted by atomic mass is 9.92. The molecular formula is C18H23F3N2O2. The van der Waals surface area contributed by atoms with E-state index in [1.807, 2.05) is 0 Å². The summed E-state index contributed by atoms with van der Waals surface area (Å²) in [5, 5.41) is 3.13. The molecule has 2 aliphatic carbocycles. The van der Waals surface area contributed by atoms with E-state index < -0.39 is 11.7 Å². The van der Waals surface area contributed by atoms with Gasteiger partial charge in [-0.3, -0.25) is 4.79 Å². The Bertz CT molecular complexity index is 575.